The van der Waals surface area contributed by atoms with E-state index in [4.69, 9.17) is 14.9 Å². The van der Waals surface area contributed by atoms with Gasteiger partial charge in [0.2, 0.25) is 10.0 Å². The van der Waals surface area contributed by atoms with Gasteiger partial charge in [-0.25, -0.2) is 17.9 Å². The van der Waals surface area contributed by atoms with Crippen molar-refractivity contribution in [1.29, 1.82) is 0 Å². The zero-order chi connectivity index (χ0) is 15.0. The second kappa shape index (κ2) is 7.83. The maximum absolute atomic E-state index is 11.9. The molecule has 0 spiro atoms. The molecule has 0 fully saturated rings. The number of benzene rings is 1. The van der Waals surface area contributed by atoms with Crippen molar-refractivity contribution in [1.82, 2.24) is 4.72 Å². The van der Waals surface area contributed by atoms with Crippen LogP contribution in [0.25, 0.3) is 0 Å². The number of hydrogen-bond acceptors (Lipinski definition) is 5. The Balaban J connectivity index is 2.60. The average molecular weight is 303 g/mol. The minimum atomic E-state index is -3.59. The lowest BCUT2D eigenvalue weighted by atomic mass is 10.3. The molecule has 1 aromatic rings. The van der Waals surface area contributed by atoms with Gasteiger partial charge in [0.1, 0.15) is 5.75 Å². The van der Waals surface area contributed by atoms with E-state index in [0.29, 0.717) is 12.8 Å². The first-order valence-electron chi connectivity index (χ1n) is 6.01. The Morgan fingerprint density at radius 1 is 1.20 bits per heavy atom. The van der Waals surface area contributed by atoms with Gasteiger partial charge in [-0.1, -0.05) is 0 Å². The van der Waals surface area contributed by atoms with Gasteiger partial charge in [-0.05, 0) is 37.1 Å². The van der Waals surface area contributed by atoms with Crippen LogP contribution in [0.5, 0.6) is 5.75 Å². The lowest BCUT2D eigenvalue weighted by molar-refractivity contribution is -0.139. The molecule has 0 bridgehead atoms. The first kappa shape index (κ1) is 16.4. The second-order valence-electron chi connectivity index (χ2n) is 3.98. The van der Waals surface area contributed by atoms with Gasteiger partial charge in [-0.15, -0.1) is 0 Å². The number of nitrogens with one attached hydrogen (secondary N) is 1. The van der Waals surface area contributed by atoms with Gasteiger partial charge in [-0.2, -0.15) is 0 Å². The van der Waals surface area contributed by atoms with Crippen LogP contribution >= 0.6 is 0 Å². The van der Waals surface area contributed by atoms with E-state index in [9.17, 15) is 13.2 Å². The van der Waals surface area contributed by atoms with E-state index in [1.165, 1.54) is 24.3 Å². The number of sulfonamides is 1. The highest BCUT2D eigenvalue weighted by molar-refractivity contribution is 7.89. The highest BCUT2D eigenvalue weighted by atomic mass is 32.2. The summed E-state index contributed by atoms with van der Waals surface area (Å²) in [5, 5.41) is 17.1. The van der Waals surface area contributed by atoms with Gasteiger partial charge < -0.3 is 14.9 Å². The first-order valence-corrected chi connectivity index (χ1v) is 7.49. The fourth-order valence-corrected chi connectivity index (χ4v) is 2.46. The topological polar surface area (TPSA) is 113 Å². The van der Waals surface area contributed by atoms with Crippen molar-refractivity contribution in [3.8, 4) is 5.75 Å². The lowest BCUT2D eigenvalue weighted by Gasteiger charge is -2.07. The van der Waals surface area contributed by atoms with Crippen LogP contribution in [0.15, 0.2) is 29.2 Å². The zero-order valence-electron chi connectivity index (χ0n) is 10.8. The smallest absolute Gasteiger partial charge is 0.341 e. The van der Waals surface area contributed by atoms with Crippen LogP contribution in [-0.2, 0) is 14.8 Å². The standard InChI is InChI=1S/C12H17NO6S/c14-8-2-1-7-13-20(17,18)11-5-3-10(4-6-11)19-9-12(15)16/h3-6,13-14H,1-2,7-9H2,(H,15,16). The predicted molar refractivity (Wildman–Crippen MR) is 71.1 cm³/mol. The number of aliphatic hydroxyl groups excluding tert-OH is 1. The fourth-order valence-electron chi connectivity index (χ4n) is 1.39. The van der Waals surface area contributed by atoms with E-state index < -0.39 is 22.6 Å². The molecule has 0 saturated carbocycles. The van der Waals surface area contributed by atoms with Crippen molar-refractivity contribution in [2.45, 2.75) is 17.7 Å². The van der Waals surface area contributed by atoms with Crippen LogP contribution in [-0.4, -0.2) is 44.4 Å². The summed E-state index contributed by atoms with van der Waals surface area (Å²) in [6.45, 7) is -0.205. The number of aliphatic carboxylic acids is 1. The number of carboxylic acid groups (broad SMARTS) is 1. The molecule has 0 heterocycles. The molecule has 0 aliphatic rings. The number of rotatable bonds is 9. The Morgan fingerprint density at radius 2 is 1.85 bits per heavy atom. The number of carboxylic acids is 1. The molecule has 1 rings (SSSR count). The number of carbonyl (C=O) groups is 1. The molecular weight excluding hydrogens is 286 g/mol. The molecule has 1 aromatic carbocycles. The quantitative estimate of drug-likeness (QED) is 0.562. The van der Waals surface area contributed by atoms with Gasteiger partial charge in [0.25, 0.3) is 0 Å². The largest absolute Gasteiger partial charge is 0.482 e. The van der Waals surface area contributed by atoms with Crippen LogP contribution in [0, 0.1) is 0 Å². The van der Waals surface area contributed by atoms with E-state index in [2.05, 4.69) is 4.72 Å². The van der Waals surface area contributed by atoms with E-state index in [1.54, 1.807) is 0 Å². The maximum Gasteiger partial charge on any atom is 0.341 e. The van der Waals surface area contributed by atoms with Crippen LogP contribution in [0.1, 0.15) is 12.8 Å². The van der Waals surface area contributed by atoms with E-state index in [1.807, 2.05) is 0 Å². The Bertz CT molecular complexity index is 525. The first-order chi connectivity index (χ1) is 9.45. The molecule has 20 heavy (non-hydrogen) atoms. The summed E-state index contributed by atoms with van der Waals surface area (Å²) in [6.07, 6.45) is 1.08. The van der Waals surface area contributed by atoms with Crippen molar-refractivity contribution in [2.24, 2.45) is 0 Å². The molecule has 112 valence electrons. The molecule has 0 aliphatic heterocycles. The highest BCUT2D eigenvalue weighted by Gasteiger charge is 2.13. The molecule has 0 aliphatic carbocycles. The number of unbranched alkanes of at least 4 members (excludes halogenated alkanes) is 1. The second-order valence-corrected chi connectivity index (χ2v) is 5.75. The molecule has 0 radical (unpaired) electrons. The Morgan fingerprint density at radius 3 is 2.40 bits per heavy atom. The normalized spacial score (nSPS) is 11.2. The molecule has 0 aromatic heterocycles. The molecule has 8 heteroatoms. The number of ether oxygens (including phenoxy) is 1. The Labute approximate surface area is 117 Å². The summed E-state index contributed by atoms with van der Waals surface area (Å²) < 4.78 is 31.0. The summed E-state index contributed by atoms with van der Waals surface area (Å²) in [7, 11) is -3.59. The number of hydrogen-bond donors (Lipinski definition) is 3. The minimum absolute atomic E-state index is 0.0251. The van der Waals surface area contributed by atoms with Gasteiger partial charge in [-0.3, -0.25) is 0 Å². The van der Waals surface area contributed by atoms with Gasteiger partial charge in [0.15, 0.2) is 6.61 Å². The summed E-state index contributed by atoms with van der Waals surface area (Å²) in [6, 6.07) is 5.47. The summed E-state index contributed by atoms with van der Waals surface area (Å²) in [5.41, 5.74) is 0. The van der Waals surface area contributed by atoms with Gasteiger partial charge in [0, 0.05) is 13.2 Å². The van der Waals surface area contributed by atoms with E-state index in [-0.39, 0.29) is 23.8 Å². The average Bonchev–Trinajstić information content (AvgIpc) is 2.42. The van der Waals surface area contributed by atoms with Crippen molar-refractivity contribution >= 4 is 16.0 Å². The summed E-state index contributed by atoms with van der Waals surface area (Å²) in [4.78, 5) is 10.4. The summed E-state index contributed by atoms with van der Waals surface area (Å²) in [5.74, 6) is -0.820. The van der Waals surface area contributed by atoms with Crippen LogP contribution < -0.4 is 9.46 Å². The van der Waals surface area contributed by atoms with Crippen molar-refractivity contribution in [3.63, 3.8) is 0 Å². The number of aliphatic hydroxyl groups is 1. The van der Waals surface area contributed by atoms with Crippen molar-refractivity contribution in [2.75, 3.05) is 19.8 Å². The third kappa shape index (κ3) is 5.55. The molecular formula is C12H17NO6S. The molecule has 0 amide bonds. The Kier molecular flexibility index (Phi) is 6.43. The summed E-state index contributed by atoms with van der Waals surface area (Å²) >= 11 is 0. The van der Waals surface area contributed by atoms with Crippen LogP contribution in [0.2, 0.25) is 0 Å². The third-order valence-corrected chi connectivity index (χ3v) is 3.85. The van der Waals surface area contributed by atoms with Crippen LogP contribution in [0.4, 0.5) is 0 Å². The lowest BCUT2D eigenvalue weighted by Crippen LogP contribution is -2.24. The third-order valence-electron chi connectivity index (χ3n) is 2.37. The molecule has 3 N–H and O–H groups in total. The van der Waals surface area contributed by atoms with E-state index in [0.717, 1.165) is 0 Å². The minimum Gasteiger partial charge on any atom is -0.482 e. The van der Waals surface area contributed by atoms with Gasteiger partial charge in [0.05, 0.1) is 4.90 Å². The Hall–Kier alpha value is -1.64. The van der Waals surface area contributed by atoms with Crippen LogP contribution in [0.3, 0.4) is 0 Å². The highest BCUT2D eigenvalue weighted by Crippen LogP contribution is 2.15. The zero-order valence-corrected chi connectivity index (χ0v) is 11.6. The van der Waals surface area contributed by atoms with Crippen molar-refractivity contribution < 1.29 is 28.2 Å². The molecule has 0 atom stereocenters. The predicted octanol–water partition coefficient (Wildman–Crippen LogP) is 0.201. The molecule has 0 saturated heterocycles. The van der Waals surface area contributed by atoms with Gasteiger partial charge >= 0.3 is 5.97 Å². The monoisotopic (exact) mass is 303 g/mol. The fraction of sp³-hybridized carbons (Fsp3) is 0.417. The SMILES string of the molecule is O=C(O)COc1ccc(S(=O)(=O)NCCCCO)cc1. The van der Waals surface area contributed by atoms with Crippen molar-refractivity contribution in [3.05, 3.63) is 24.3 Å². The maximum atomic E-state index is 11.9. The van der Waals surface area contributed by atoms with E-state index >= 15 is 0 Å². The molecule has 7 nitrogen and oxygen atoms in total. The molecule has 0 unspecified atom stereocenters.